The summed E-state index contributed by atoms with van der Waals surface area (Å²) in [6.45, 7) is 2.46. The molecule has 1 saturated heterocycles. The van der Waals surface area contributed by atoms with Crippen LogP contribution in [-0.4, -0.2) is 37.7 Å². The highest BCUT2D eigenvalue weighted by Crippen LogP contribution is 2.65. The zero-order chi connectivity index (χ0) is 20.3. The SMILES string of the molecule is O=C(NC[C@@H]1CCCO1)c1c(NC(=O)C23CC4CC(CC2C4)C3)sc2c1CCOC2. The monoisotopic (exact) mass is 430 g/mol. The van der Waals surface area contributed by atoms with Gasteiger partial charge in [-0.15, -0.1) is 11.3 Å². The highest BCUT2D eigenvalue weighted by atomic mass is 32.1. The summed E-state index contributed by atoms with van der Waals surface area (Å²) in [5.74, 6) is 2.07. The molecule has 6 nitrogen and oxygen atoms in total. The van der Waals surface area contributed by atoms with Gasteiger partial charge in [0.25, 0.3) is 5.91 Å². The Balaban J connectivity index is 1.25. The fraction of sp³-hybridized carbons (Fsp3) is 0.739. The van der Waals surface area contributed by atoms with E-state index < -0.39 is 0 Å². The van der Waals surface area contributed by atoms with Gasteiger partial charge < -0.3 is 20.1 Å². The molecule has 4 bridgehead atoms. The zero-order valence-electron chi connectivity index (χ0n) is 17.3. The van der Waals surface area contributed by atoms with Crippen molar-refractivity contribution in [2.45, 2.75) is 64.1 Å². The quantitative estimate of drug-likeness (QED) is 0.750. The summed E-state index contributed by atoms with van der Waals surface area (Å²) in [5, 5.41) is 7.05. The van der Waals surface area contributed by atoms with E-state index in [0.717, 1.165) is 66.0 Å². The standard InChI is InChI=1S/C23H30N2O4S/c26-20(24-11-16-2-1-4-29-16)19-17-3-5-28-12-18(17)30-21(19)25-22(27)23-9-13-6-14(10-23)8-15(23)7-13/h13-16H,1-12H2,(H,24,26)(H,25,27)/t13?,14?,15?,16-,23?/m0/s1. The van der Waals surface area contributed by atoms with Gasteiger partial charge in [0.15, 0.2) is 0 Å². The van der Waals surface area contributed by atoms with Gasteiger partial charge in [-0.25, -0.2) is 0 Å². The first-order valence-electron chi connectivity index (χ1n) is 11.6. The van der Waals surface area contributed by atoms with Crippen LogP contribution in [0.3, 0.4) is 0 Å². The van der Waals surface area contributed by atoms with E-state index in [-0.39, 0.29) is 23.3 Å². The summed E-state index contributed by atoms with van der Waals surface area (Å²) in [6, 6.07) is 0. The Morgan fingerprint density at radius 1 is 1.13 bits per heavy atom. The Bertz CT molecular complexity index is 861. The van der Waals surface area contributed by atoms with E-state index in [1.54, 1.807) is 0 Å². The highest BCUT2D eigenvalue weighted by molar-refractivity contribution is 7.17. The fourth-order valence-electron chi connectivity index (χ4n) is 7.06. The largest absolute Gasteiger partial charge is 0.376 e. The van der Waals surface area contributed by atoms with E-state index in [4.69, 9.17) is 9.47 Å². The molecule has 4 aliphatic carbocycles. The van der Waals surface area contributed by atoms with Crippen molar-refractivity contribution in [2.24, 2.45) is 23.2 Å². The van der Waals surface area contributed by atoms with Gasteiger partial charge in [-0.2, -0.15) is 0 Å². The molecule has 7 heteroatoms. The number of ether oxygens (including phenoxy) is 2. The van der Waals surface area contributed by atoms with E-state index in [1.807, 2.05) is 0 Å². The van der Waals surface area contributed by atoms with Crippen molar-refractivity contribution >= 4 is 28.2 Å². The van der Waals surface area contributed by atoms with Crippen LogP contribution in [-0.2, 0) is 27.3 Å². The molecule has 0 aromatic carbocycles. The van der Waals surface area contributed by atoms with Crippen LogP contribution in [0, 0.1) is 23.2 Å². The number of fused-ring (bicyclic) bond motifs is 1. The minimum Gasteiger partial charge on any atom is -0.376 e. The zero-order valence-corrected chi connectivity index (χ0v) is 18.2. The van der Waals surface area contributed by atoms with Gasteiger partial charge >= 0.3 is 0 Å². The normalized spacial score (nSPS) is 36.1. The van der Waals surface area contributed by atoms with Crippen molar-refractivity contribution in [3.8, 4) is 0 Å². The molecule has 30 heavy (non-hydrogen) atoms. The third-order valence-electron chi connectivity index (χ3n) is 8.23. The van der Waals surface area contributed by atoms with E-state index in [1.165, 1.54) is 30.6 Å². The van der Waals surface area contributed by atoms with Gasteiger partial charge in [-0.1, -0.05) is 0 Å². The molecule has 4 saturated carbocycles. The van der Waals surface area contributed by atoms with Gasteiger partial charge in [-0.3, -0.25) is 9.59 Å². The fourth-order valence-corrected chi connectivity index (χ4v) is 8.23. The third kappa shape index (κ3) is 3.04. The predicted octanol–water partition coefficient (Wildman–Crippen LogP) is 3.49. The van der Waals surface area contributed by atoms with Crippen LogP contribution in [0.5, 0.6) is 0 Å². The summed E-state index contributed by atoms with van der Waals surface area (Å²) in [4.78, 5) is 27.8. The topological polar surface area (TPSA) is 76.7 Å². The van der Waals surface area contributed by atoms with Crippen LogP contribution in [0.4, 0.5) is 5.00 Å². The first-order valence-corrected chi connectivity index (χ1v) is 12.4. The summed E-state index contributed by atoms with van der Waals surface area (Å²) in [5.41, 5.74) is 1.53. The minimum absolute atomic E-state index is 0.0880. The van der Waals surface area contributed by atoms with Gasteiger partial charge in [-0.05, 0) is 74.7 Å². The van der Waals surface area contributed by atoms with Gasteiger partial charge in [0.1, 0.15) is 5.00 Å². The van der Waals surface area contributed by atoms with Gasteiger partial charge in [0.2, 0.25) is 5.91 Å². The lowest BCUT2D eigenvalue weighted by Crippen LogP contribution is -2.38. The number of thiophene rings is 1. The molecule has 2 amide bonds. The second-order valence-electron chi connectivity index (χ2n) is 10.0. The number of hydrogen-bond donors (Lipinski definition) is 2. The molecule has 162 valence electrons. The minimum atomic E-state index is -0.194. The number of carbonyl (C=O) groups is 2. The van der Waals surface area contributed by atoms with Crippen molar-refractivity contribution in [1.82, 2.24) is 5.32 Å². The molecular weight excluding hydrogens is 400 g/mol. The predicted molar refractivity (Wildman–Crippen MR) is 114 cm³/mol. The Kier molecular flexibility index (Phi) is 4.70. The van der Waals surface area contributed by atoms with Crippen LogP contribution in [0.1, 0.15) is 65.7 Å². The van der Waals surface area contributed by atoms with Crippen LogP contribution >= 0.6 is 11.3 Å². The van der Waals surface area contributed by atoms with Crippen LogP contribution in [0.25, 0.3) is 0 Å². The first-order chi connectivity index (χ1) is 14.6. The molecule has 2 aliphatic heterocycles. The number of hydrogen-bond acceptors (Lipinski definition) is 5. The van der Waals surface area contributed by atoms with Crippen molar-refractivity contribution in [1.29, 1.82) is 0 Å². The van der Waals surface area contributed by atoms with Gasteiger partial charge in [0.05, 0.1) is 30.3 Å². The molecule has 7 rings (SSSR count). The Hall–Kier alpha value is -1.44. The number of nitrogens with one attached hydrogen (secondary N) is 2. The molecular formula is C23H30N2O4S. The molecule has 6 aliphatic rings. The summed E-state index contributed by atoms with van der Waals surface area (Å²) in [6.07, 6.45) is 8.69. The molecule has 5 fully saturated rings. The average molecular weight is 431 g/mol. The maximum atomic E-state index is 13.6. The van der Waals surface area contributed by atoms with E-state index in [0.29, 0.717) is 31.2 Å². The van der Waals surface area contributed by atoms with E-state index >= 15 is 0 Å². The summed E-state index contributed by atoms with van der Waals surface area (Å²) < 4.78 is 11.3. The first kappa shape index (κ1) is 19.3. The number of amides is 2. The van der Waals surface area contributed by atoms with E-state index in [9.17, 15) is 9.59 Å². The molecule has 3 heterocycles. The average Bonchev–Trinajstić information content (AvgIpc) is 3.47. The molecule has 3 atom stereocenters. The maximum Gasteiger partial charge on any atom is 0.254 e. The number of anilines is 1. The van der Waals surface area contributed by atoms with Crippen LogP contribution < -0.4 is 10.6 Å². The lowest BCUT2D eigenvalue weighted by molar-refractivity contribution is -0.127. The second-order valence-corrected chi connectivity index (χ2v) is 11.1. The molecule has 0 radical (unpaired) electrons. The second kappa shape index (κ2) is 7.31. The summed E-state index contributed by atoms with van der Waals surface area (Å²) >= 11 is 1.53. The molecule has 2 N–H and O–H groups in total. The Morgan fingerprint density at radius 2 is 1.97 bits per heavy atom. The van der Waals surface area contributed by atoms with E-state index in [2.05, 4.69) is 10.6 Å². The highest BCUT2D eigenvalue weighted by Gasteiger charge is 2.61. The molecule has 2 unspecified atom stereocenters. The van der Waals surface area contributed by atoms with Crippen LogP contribution in [0.2, 0.25) is 0 Å². The number of rotatable bonds is 5. The van der Waals surface area contributed by atoms with Crippen molar-refractivity contribution in [3.63, 3.8) is 0 Å². The smallest absolute Gasteiger partial charge is 0.254 e. The lowest BCUT2D eigenvalue weighted by atomic mass is 9.75. The maximum absolute atomic E-state index is 13.6. The summed E-state index contributed by atoms with van der Waals surface area (Å²) in [7, 11) is 0. The van der Waals surface area contributed by atoms with Crippen molar-refractivity contribution in [3.05, 3.63) is 16.0 Å². The molecule has 1 aromatic rings. The molecule has 1 aromatic heterocycles. The third-order valence-corrected chi connectivity index (χ3v) is 9.35. The van der Waals surface area contributed by atoms with Crippen molar-refractivity contribution in [2.75, 3.05) is 25.1 Å². The molecule has 0 spiro atoms. The lowest BCUT2D eigenvalue weighted by Gasteiger charge is -2.31. The van der Waals surface area contributed by atoms with Crippen molar-refractivity contribution < 1.29 is 19.1 Å². The van der Waals surface area contributed by atoms with Gasteiger partial charge in [0, 0.05) is 18.0 Å². The Morgan fingerprint density at radius 3 is 2.73 bits per heavy atom. The number of carbonyl (C=O) groups excluding carboxylic acids is 2. The Labute approximate surface area is 181 Å². The van der Waals surface area contributed by atoms with Crippen LogP contribution in [0.15, 0.2) is 0 Å².